The molecular formula is C15H12F2N2O4. The second kappa shape index (κ2) is 7.30. The Bertz CT molecular complexity index is 720. The summed E-state index contributed by atoms with van der Waals surface area (Å²) in [6, 6.07) is 8.46. The van der Waals surface area contributed by atoms with Crippen molar-refractivity contribution in [1.82, 2.24) is 0 Å². The van der Waals surface area contributed by atoms with Crippen molar-refractivity contribution in [2.75, 3.05) is 11.9 Å². The van der Waals surface area contributed by atoms with Crippen molar-refractivity contribution in [3.8, 4) is 5.75 Å². The van der Waals surface area contributed by atoms with Crippen LogP contribution in [0.4, 0.5) is 20.2 Å². The summed E-state index contributed by atoms with van der Waals surface area (Å²) in [5, 5.41) is 12.9. The van der Waals surface area contributed by atoms with Crippen LogP contribution < -0.4 is 10.1 Å². The fourth-order valence-electron chi connectivity index (χ4n) is 1.72. The van der Waals surface area contributed by atoms with Gasteiger partial charge in [-0.2, -0.15) is 0 Å². The molecule has 0 aliphatic rings. The molecule has 23 heavy (non-hydrogen) atoms. The van der Waals surface area contributed by atoms with E-state index < -0.39 is 22.5 Å². The predicted molar refractivity (Wildman–Crippen MR) is 78.2 cm³/mol. The maximum absolute atomic E-state index is 13.0. The molecule has 120 valence electrons. The number of amides is 1. The van der Waals surface area contributed by atoms with Crippen molar-refractivity contribution in [3.05, 3.63) is 64.2 Å². The molecule has 2 aromatic carbocycles. The SMILES string of the molecule is O=C(CCOc1ccc([N+](=O)[O-])cc1)Nc1ccc(F)c(F)c1. The quantitative estimate of drug-likeness (QED) is 0.653. The Hall–Kier alpha value is -3.03. The predicted octanol–water partition coefficient (Wildman–Crippen LogP) is 3.28. The van der Waals surface area contributed by atoms with Crippen molar-refractivity contribution >= 4 is 17.3 Å². The minimum absolute atomic E-state index is 0.0179. The molecule has 0 atom stereocenters. The van der Waals surface area contributed by atoms with Crippen LogP contribution in [-0.4, -0.2) is 17.4 Å². The molecular weight excluding hydrogens is 310 g/mol. The summed E-state index contributed by atoms with van der Waals surface area (Å²) in [4.78, 5) is 21.6. The second-order valence-corrected chi connectivity index (χ2v) is 4.53. The lowest BCUT2D eigenvalue weighted by molar-refractivity contribution is -0.384. The molecule has 0 aliphatic carbocycles. The fourth-order valence-corrected chi connectivity index (χ4v) is 1.72. The number of non-ortho nitro benzene ring substituents is 1. The van der Waals surface area contributed by atoms with Gasteiger partial charge in [-0.05, 0) is 24.3 Å². The molecule has 0 aliphatic heterocycles. The standard InChI is InChI=1S/C15H12F2N2O4/c16-13-6-1-10(9-14(13)17)18-15(20)7-8-23-12-4-2-11(3-5-12)19(21)22/h1-6,9H,7-8H2,(H,18,20). The highest BCUT2D eigenvalue weighted by Gasteiger charge is 2.08. The van der Waals surface area contributed by atoms with Crippen LogP contribution in [0, 0.1) is 21.7 Å². The molecule has 2 aromatic rings. The van der Waals surface area contributed by atoms with Crippen LogP contribution in [0.25, 0.3) is 0 Å². The Morgan fingerprint density at radius 1 is 1.13 bits per heavy atom. The number of carbonyl (C=O) groups is 1. The summed E-state index contributed by atoms with van der Waals surface area (Å²) in [7, 11) is 0. The first kappa shape index (κ1) is 16.3. The van der Waals surface area contributed by atoms with Crippen LogP contribution in [0.1, 0.15) is 6.42 Å². The number of nitro groups is 1. The van der Waals surface area contributed by atoms with Crippen molar-refractivity contribution in [3.63, 3.8) is 0 Å². The molecule has 1 N–H and O–H groups in total. The normalized spacial score (nSPS) is 10.2. The zero-order valence-electron chi connectivity index (χ0n) is 11.8. The fraction of sp³-hybridized carbons (Fsp3) is 0.133. The first-order chi connectivity index (χ1) is 11.0. The molecule has 0 unspecified atom stereocenters. The summed E-state index contributed by atoms with van der Waals surface area (Å²) in [5.41, 5.74) is 0.0812. The van der Waals surface area contributed by atoms with Gasteiger partial charge in [0, 0.05) is 23.9 Å². The molecule has 0 heterocycles. The lowest BCUT2D eigenvalue weighted by Crippen LogP contribution is -2.15. The van der Waals surface area contributed by atoms with Gasteiger partial charge in [0.05, 0.1) is 18.0 Å². The highest BCUT2D eigenvalue weighted by molar-refractivity contribution is 5.90. The van der Waals surface area contributed by atoms with E-state index in [1.165, 1.54) is 30.3 Å². The first-order valence-corrected chi connectivity index (χ1v) is 6.58. The van der Waals surface area contributed by atoms with E-state index in [9.17, 15) is 23.7 Å². The number of ether oxygens (including phenoxy) is 1. The van der Waals surface area contributed by atoms with E-state index in [1.807, 2.05) is 0 Å². The molecule has 0 fully saturated rings. The Kier molecular flexibility index (Phi) is 5.19. The Morgan fingerprint density at radius 2 is 1.83 bits per heavy atom. The topological polar surface area (TPSA) is 81.5 Å². The van der Waals surface area contributed by atoms with E-state index in [4.69, 9.17) is 4.74 Å². The van der Waals surface area contributed by atoms with E-state index in [0.29, 0.717) is 5.75 Å². The number of anilines is 1. The lowest BCUT2D eigenvalue weighted by Gasteiger charge is -2.07. The van der Waals surface area contributed by atoms with Crippen molar-refractivity contribution in [1.29, 1.82) is 0 Å². The molecule has 0 saturated heterocycles. The largest absolute Gasteiger partial charge is 0.493 e. The number of halogens is 2. The third kappa shape index (κ3) is 4.73. The summed E-state index contributed by atoms with van der Waals surface area (Å²) < 4.78 is 31.0. The molecule has 0 spiro atoms. The number of hydrogen-bond donors (Lipinski definition) is 1. The van der Waals surface area contributed by atoms with Gasteiger partial charge in [0.15, 0.2) is 11.6 Å². The van der Waals surface area contributed by atoms with Crippen LogP contribution in [0.15, 0.2) is 42.5 Å². The lowest BCUT2D eigenvalue weighted by atomic mass is 10.3. The Balaban J connectivity index is 1.80. The summed E-state index contributed by atoms with van der Waals surface area (Å²) >= 11 is 0. The molecule has 0 aromatic heterocycles. The van der Waals surface area contributed by atoms with Gasteiger partial charge in [-0.15, -0.1) is 0 Å². The third-order valence-corrected chi connectivity index (χ3v) is 2.85. The number of nitrogens with zero attached hydrogens (tertiary/aromatic N) is 1. The van der Waals surface area contributed by atoms with Crippen LogP contribution >= 0.6 is 0 Å². The first-order valence-electron chi connectivity index (χ1n) is 6.58. The van der Waals surface area contributed by atoms with E-state index in [0.717, 1.165) is 12.1 Å². The summed E-state index contributed by atoms with van der Waals surface area (Å²) in [5.74, 6) is -2.09. The van der Waals surface area contributed by atoms with Gasteiger partial charge in [0.25, 0.3) is 5.69 Å². The average Bonchev–Trinajstić information content (AvgIpc) is 2.51. The van der Waals surface area contributed by atoms with Gasteiger partial charge in [-0.25, -0.2) is 8.78 Å². The average molecular weight is 322 g/mol. The number of rotatable bonds is 6. The van der Waals surface area contributed by atoms with Crippen molar-refractivity contribution < 1.29 is 23.2 Å². The monoisotopic (exact) mass is 322 g/mol. The zero-order chi connectivity index (χ0) is 16.8. The van der Waals surface area contributed by atoms with Crippen LogP contribution in [0.2, 0.25) is 0 Å². The Morgan fingerprint density at radius 3 is 2.43 bits per heavy atom. The van der Waals surface area contributed by atoms with Gasteiger partial charge < -0.3 is 10.1 Å². The van der Waals surface area contributed by atoms with Gasteiger partial charge >= 0.3 is 0 Å². The van der Waals surface area contributed by atoms with Crippen molar-refractivity contribution in [2.24, 2.45) is 0 Å². The summed E-state index contributed by atoms with van der Waals surface area (Å²) in [6.07, 6.45) is -0.0179. The maximum atomic E-state index is 13.0. The third-order valence-electron chi connectivity index (χ3n) is 2.85. The maximum Gasteiger partial charge on any atom is 0.269 e. The minimum atomic E-state index is -1.05. The van der Waals surface area contributed by atoms with E-state index in [2.05, 4.69) is 5.32 Å². The van der Waals surface area contributed by atoms with Gasteiger partial charge in [-0.1, -0.05) is 0 Å². The second-order valence-electron chi connectivity index (χ2n) is 4.53. The number of nitrogens with one attached hydrogen (secondary N) is 1. The van der Waals surface area contributed by atoms with Crippen molar-refractivity contribution in [2.45, 2.75) is 6.42 Å². The van der Waals surface area contributed by atoms with Crippen LogP contribution in [0.3, 0.4) is 0 Å². The minimum Gasteiger partial charge on any atom is -0.493 e. The van der Waals surface area contributed by atoms with E-state index in [-0.39, 0.29) is 24.4 Å². The van der Waals surface area contributed by atoms with Gasteiger partial charge in [0.2, 0.25) is 5.91 Å². The van der Waals surface area contributed by atoms with Gasteiger partial charge in [-0.3, -0.25) is 14.9 Å². The molecule has 0 saturated carbocycles. The highest BCUT2D eigenvalue weighted by atomic mass is 19.2. The number of carbonyl (C=O) groups excluding carboxylic acids is 1. The summed E-state index contributed by atoms with van der Waals surface area (Å²) in [6.45, 7) is 0.0350. The Labute approximate surface area is 129 Å². The van der Waals surface area contributed by atoms with Gasteiger partial charge in [0.1, 0.15) is 5.75 Å². The number of benzene rings is 2. The van der Waals surface area contributed by atoms with E-state index >= 15 is 0 Å². The van der Waals surface area contributed by atoms with Crippen LogP contribution in [0.5, 0.6) is 5.75 Å². The smallest absolute Gasteiger partial charge is 0.269 e. The van der Waals surface area contributed by atoms with E-state index in [1.54, 1.807) is 0 Å². The molecule has 2 rings (SSSR count). The number of hydrogen-bond acceptors (Lipinski definition) is 4. The zero-order valence-corrected chi connectivity index (χ0v) is 11.8. The molecule has 6 nitrogen and oxygen atoms in total. The molecule has 0 radical (unpaired) electrons. The molecule has 8 heteroatoms. The number of nitro benzene ring substituents is 1. The highest BCUT2D eigenvalue weighted by Crippen LogP contribution is 2.17. The molecule has 1 amide bonds. The van der Waals surface area contributed by atoms with Crippen LogP contribution in [-0.2, 0) is 4.79 Å². The molecule has 0 bridgehead atoms.